The molecule has 0 bridgehead atoms. The lowest BCUT2D eigenvalue weighted by Gasteiger charge is -2.30. The van der Waals surface area contributed by atoms with Crippen molar-refractivity contribution in [3.63, 3.8) is 0 Å². The maximum atomic E-state index is 6.50. The fraction of sp³-hybridized carbons (Fsp3) is 0.333. The van der Waals surface area contributed by atoms with Gasteiger partial charge in [-0.15, -0.1) is 0 Å². The molecule has 2 heterocycles. The minimum absolute atomic E-state index is 0.0851. The van der Waals surface area contributed by atoms with Gasteiger partial charge >= 0.3 is 0 Å². The molecule has 3 N–H and O–H groups in total. The second kappa shape index (κ2) is 4.58. The van der Waals surface area contributed by atoms with E-state index in [0.717, 1.165) is 30.5 Å². The Morgan fingerprint density at radius 2 is 1.95 bits per heavy atom. The lowest BCUT2D eigenvalue weighted by Crippen LogP contribution is -2.37. The largest absolute Gasteiger partial charge is 0.373 e. The van der Waals surface area contributed by atoms with E-state index in [9.17, 15) is 0 Å². The highest BCUT2D eigenvalue weighted by molar-refractivity contribution is 6.07. The predicted molar refractivity (Wildman–Crippen MR) is 86.3 cm³/mol. The minimum atomic E-state index is -0.236. The highest BCUT2D eigenvalue weighted by Crippen LogP contribution is 2.37. The lowest BCUT2D eigenvalue weighted by molar-refractivity contribution is -0.00170. The number of nitrogens with one attached hydrogen (secondary N) is 1. The van der Waals surface area contributed by atoms with Crippen LogP contribution in [-0.4, -0.2) is 17.2 Å². The number of benzene rings is 2. The first-order valence-electron chi connectivity index (χ1n) is 7.57. The molecule has 0 spiro atoms. The summed E-state index contributed by atoms with van der Waals surface area (Å²) >= 11 is 0. The van der Waals surface area contributed by atoms with Crippen LogP contribution >= 0.6 is 0 Å². The van der Waals surface area contributed by atoms with Crippen molar-refractivity contribution >= 4 is 21.8 Å². The number of fused-ring (bicyclic) bond motifs is 3. The zero-order valence-electron chi connectivity index (χ0n) is 12.2. The molecule has 1 saturated heterocycles. The molecule has 0 saturated carbocycles. The number of aromatic nitrogens is 1. The normalized spacial score (nSPS) is 23.9. The third-order valence-corrected chi connectivity index (χ3v) is 4.80. The number of H-pyrrole nitrogens is 1. The van der Waals surface area contributed by atoms with Crippen molar-refractivity contribution in [2.24, 2.45) is 5.73 Å². The van der Waals surface area contributed by atoms with Gasteiger partial charge in [-0.05, 0) is 43.5 Å². The SMILES string of the molecule is CC1(C(N)c2ccc3[nH]c4ccccc4c3c2)CCCO1. The molecule has 1 aliphatic rings. The molecule has 4 rings (SSSR count). The highest BCUT2D eigenvalue weighted by atomic mass is 16.5. The zero-order chi connectivity index (χ0) is 14.4. The summed E-state index contributed by atoms with van der Waals surface area (Å²) in [4.78, 5) is 3.45. The van der Waals surface area contributed by atoms with Crippen molar-refractivity contribution in [3.05, 3.63) is 48.0 Å². The number of hydrogen-bond acceptors (Lipinski definition) is 2. The van der Waals surface area contributed by atoms with Crippen LogP contribution in [0.4, 0.5) is 0 Å². The molecular weight excluding hydrogens is 260 g/mol. The molecule has 0 aliphatic carbocycles. The maximum Gasteiger partial charge on any atom is 0.0847 e. The van der Waals surface area contributed by atoms with E-state index in [-0.39, 0.29) is 11.6 Å². The van der Waals surface area contributed by atoms with Crippen LogP contribution in [0.25, 0.3) is 21.8 Å². The van der Waals surface area contributed by atoms with Gasteiger partial charge in [-0.3, -0.25) is 0 Å². The summed E-state index contributed by atoms with van der Waals surface area (Å²) in [5.74, 6) is 0. The van der Waals surface area contributed by atoms with E-state index in [1.54, 1.807) is 0 Å². The lowest BCUT2D eigenvalue weighted by atomic mass is 9.88. The van der Waals surface area contributed by atoms with Gasteiger partial charge in [0.05, 0.1) is 11.6 Å². The second-order valence-electron chi connectivity index (χ2n) is 6.22. The molecule has 2 unspecified atom stereocenters. The van der Waals surface area contributed by atoms with Gasteiger partial charge in [-0.25, -0.2) is 0 Å². The van der Waals surface area contributed by atoms with Gasteiger partial charge in [0.1, 0.15) is 0 Å². The van der Waals surface area contributed by atoms with E-state index >= 15 is 0 Å². The van der Waals surface area contributed by atoms with Gasteiger partial charge in [0.15, 0.2) is 0 Å². The summed E-state index contributed by atoms with van der Waals surface area (Å²) in [6.45, 7) is 2.95. The van der Waals surface area contributed by atoms with Crippen LogP contribution in [0.2, 0.25) is 0 Å². The third kappa shape index (κ3) is 1.96. The molecule has 108 valence electrons. The van der Waals surface area contributed by atoms with Crippen LogP contribution in [0.3, 0.4) is 0 Å². The summed E-state index contributed by atoms with van der Waals surface area (Å²) in [5, 5.41) is 2.49. The van der Waals surface area contributed by atoms with Crippen molar-refractivity contribution in [2.45, 2.75) is 31.4 Å². The number of hydrogen-bond donors (Lipinski definition) is 2. The number of ether oxygens (including phenoxy) is 1. The molecular formula is C18H20N2O. The summed E-state index contributed by atoms with van der Waals surface area (Å²) < 4.78 is 5.90. The van der Waals surface area contributed by atoms with E-state index in [1.807, 2.05) is 0 Å². The molecule has 3 aromatic rings. The predicted octanol–water partition coefficient (Wildman–Crippen LogP) is 3.89. The monoisotopic (exact) mass is 280 g/mol. The summed E-state index contributed by atoms with van der Waals surface area (Å²) in [6, 6.07) is 14.8. The first-order chi connectivity index (χ1) is 10.2. The van der Waals surface area contributed by atoms with Crippen molar-refractivity contribution in [3.8, 4) is 0 Å². The molecule has 0 amide bonds. The van der Waals surface area contributed by atoms with Gasteiger partial charge in [0.25, 0.3) is 0 Å². The Labute approximate surface area is 124 Å². The Bertz CT molecular complexity index is 799. The number of nitrogens with two attached hydrogens (primary N) is 1. The van der Waals surface area contributed by atoms with Gasteiger partial charge in [-0.2, -0.15) is 0 Å². The number of para-hydroxylation sites is 1. The average Bonchev–Trinajstić information content (AvgIpc) is 3.10. The van der Waals surface area contributed by atoms with Crippen LogP contribution in [-0.2, 0) is 4.74 Å². The van der Waals surface area contributed by atoms with E-state index in [4.69, 9.17) is 10.5 Å². The Balaban J connectivity index is 1.84. The van der Waals surface area contributed by atoms with Gasteiger partial charge < -0.3 is 15.5 Å². The topological polar surface area (TPSA) is 51.0 Å². The molecule has 2 atom stereocenters. The Morgan fingerprint density at radius 1 is 1.14 bits per heavy atom. The van der Waals surface area contributed by atoms with E-state index < -0.39 is 0 Å². The van der Waals surface area contributed by atoms with Gasteiger partial charge in [-0.1, -0.05) is 24.3 Å². The molecule has 1 aromatic heterocycles. The Hall–Kier alpha value is -1.84. The fourth-order valence-corrected chi connectivity index (χ4v) is 3.46. The second-order valence-corrected chi connectivity index (χ2v) is 6.22. The van der Waals surface area contributed by atoms with Crippen molar-refractivity contribution < 1.29 is 4.74 Å². The van der Waals surface area contributed by atoms with Crippen molar-refractivity contribution in [1.29, 1.82) is 0 Å². The Morgan fingerprint density at radius 3 is 2.76 bits per heavy atom. The standard InChI is InChI=1S/C18H20N2O/c1-18(9-4-10-21-18)17(19)12-7-8-16-14(11-12)13-5-2-3-6-15(13)20-16/h2-3,5-8,11,17,20H,4,9-10,19H2,1H3. The van der Waals surface area contributed by atoms with E-state index in [0.29, 0.717) is 0 Å². The van der Waals surface area contributed by atoms with Crippen LogP contribution in [0.15, 0.2) is 42.5 Å². The number of aromatic amines is 1. The first-order valence-corrected chi connectivity index (χ1v) is 7.57. The molecule has 21 heavy (non-hydrogen) atoms. The van der Waals surface area contributed by atoms with Crippen molar-refractivity contribution in [2.75, 3.05) is 6.61 Å². The molecule has 2 aromatic carbocycles. The van der Waals surface area contributed by atoms with Gasteiger partial charge in [0.2, 0.25) is 0 Å². The Kier molecular flexibility index (Phi) is 2.81. The zero-order valence-corrected chi connectivity index (χ0v) is 12.2. The fourth-order valence-electron chi connectivity index (χ4n) is 3.46. The highest BCUT2D eigenvalue weighted by Gasteiger charge is 2.37. The summed E-state index contributed by atoms with van der Waals surface area (Å²) in [6.07, 6.45) is 2.12. The van der Waals surface area contributed by atoms with Crippen LogP contribution in [0.1, 0.15) is 31.4 Å². The first kappa shape index (κ1) is 12.9. The third-order valence-electron chi connectivity index (χ3n) is 4.80. The van der Waals surface area contributed by atoms with Crippen molar-refractivity contribution in [1.82, 2.24) is 4.98 Å². The molecule has 3 nitrogen and oxygen atoms in total. The van der Waals surface area contributed by atoms with E-state index in [1.165, 1.54) is 16.3 Å². The minimum Gasteiger partial charge on any atom is -0.373 e. The molecule has 1 fully saturated rings. The van der Waals surface area contributed by atoms with Crippen LogP contribution < -0.4 is 5.73 Å². The summed E-state index contributed by atoms with van der Waals surface area (Å²) in [5.41, 5.74) is 9.74. The maximum absolute atomic E-state index is 6.50. The molecule has 1 aliphatic heterocycles. The van der Waals surface area contributed by atoms with E-state index in [2.05, 4.69) is 54.4 Å². The molecule has 0 radical (unpaired) electrons. The average molecular weight is 280 g/mol. The smallest absolute Gasteiger partial charge is 0.0847 e. The molecule has 3 heteroatoms. The summed E-state index contributed by atoms with van der Waals surface area (Å²) in [7, 11) is 0. The van der Waals surface area contributed by atoms with Crippen LogP contribution in [0.5, 0.6) is 0 Å². The quantitative estimate of drug-likeness (QED) is 0.748. The van der Waals surface area contributed by atoms with Gasteiger partial charge in [0, 0.05) is 28.4 Å². The van der Waals surface area contributed by atoms with Crippen LogP contribution in [0, 0.1) is 0 Å². The number of rotatable bonds is 2.